The van der Waals surface area contributed by atoms with E-state index >= 15 is 0 Å². The zero-order valence-electron chi connectivity index (χ0n) is 17.6. The Morgan fingerprint density at radius 1 is 0.889 bits per heavy atom. The highest BCUT2D eigenvalue weighted by molar-refractivity contribution is 6.53. The predicted octanol–water partition coefficient (Wildman–Crippen LogP) is 2.14. The molecule has 0 spiro atoms. The van der Waals surface area contributed by atoms with Crippen molar-refractivity contribution in [3.8, 4) is 0 Å². The molecule has 1 atom stereocenters. The molecule has 0 aliphatic heterocycles. The van der Waals surface area contributed by atoms with Crippen LogP contribution < -0.4 is 0 Å². The maximum Gasteiger partial charge on any atom is 0.679 e. The second kappa shape index (κ2) is 15.4. The average molecular weight is 428 g/mol. The molecular formula is C16H37NO8Si2. The summed E-state index contributed by atoms with van der Waals surface area (Å²) in [6, 6.07) is 0. The Morgan fingerprint density at radius 2 is 1.37 bits per heavy atom. The number of amides is 1. The zero-order valence-corrected chi connectivity index (χ0v) is 19.7. The first kappa shape index (κ1) is 26.5. The van der Waals surface area contributed by atoms with Crippen LogP contribution in [0.15, 0.2) is 0 Å². The summed E-state index contributed by atoms with van der Waals surface area (Å²) in [4.78, 5) is 13.0. The molecule has 27 heavy (non-hydrogen) atoms. The minimum Gasteiger partial charge on any atom is -0.465 e. The Balaban J connectivity index is 5.25. The van der Waals surface area contributed by atoms with Crippen LogP contribution in [0.5, 0.6) is 0 Å². The van der Waals surface area contributed by atoms with E-state index in [-0.39, 0.29) is 12.3 Å². The van der Waals surface area contributed by atoms with Crippen molar-refractivity contribution < 1.29 is 36.5 Å². The predicted molar refractivity (Wildman–Crippen MR) is 106 cm³/mol. The van der Waals surface area contributed by atoms with Gasteiger partial charge in [0.05, 0.1) is 5.67 Å². The van der Waals surface area contributed by atoms with Crippen LogP contribution in [0.1, 0.15) is 48.0 Å². The maximum absolute atomic E-state index is 11.7. The van der Waals surface area contributed by atoms with Crippen molar-refractivity contribution in [1.82, 2.24) is 4.90 Å². The third-order valence-electron chi connectivity index (χ3n) is 3.62. The lowest BCUT2D eigenvalue weighted by atomic mass is 10.4. The summed E-state index contributed by atoms with van der Waals surface area (Å²) >= 11 is 0. The van der Waals surface area contributed by atoms with Crippen LogP contribution in [-0.2, 0) is 26.6 Å². The molecule has 0 rings (SSSR count). The van der Waals surface area contributed by atoms with Crippen molar-refractivity contribution in [3.63, 3.8) is 0 Å². The third-order valence-corrected chi connectivity index (χ3v) is 8.75. The van der Waals surface area contributed by atoms with Crippen molar-refractivity contribution in [2.24, 2.45) is 0 Å². The number of nitrogens with zero attached hydrogens (tertiary/aromatic N) is 1. The molecule has 0 fully saturated rings. The Bertz CT molecular complexity index is 368. The molecule has 0 bridgehead atoms. The van der Waals surface area contributed by atoms with E-state index < -0.39 is 24.4 Å². The monoisotopic (exact) mass is 427 g/mol. The minimum absolute atomic E-state index is 0.227. The second-order valence-electron chi connectivity index (χ2n) is 5.35. The van der Waals surface area contributed by atoms with Gasteiger partial charge in [-0.1, -0.05) is 0 Å². The highest BCUT2D eigenvalue weighted by Gasteiger charge is 2.45. The van der Waals surface area contributed by atoms with Gasteiger partial charge in [0.1, 0.15) is 0 Å². The van der Waals surface area contributed by atoms with Gasteiger partial charge in [-0.3, -0.25) is 0 Å². The Kier molecular flexibility index (Phi) is 15.1. The molecule has 1 unspecified atom stereocenters. The Morgan fingerprint density at radius 3 is 1.70 bits per heavy atom. The van der Waals surface area contributed by atoms with Gasteiger partial charge in [-0.25, -0.2) is 4.79 Å². The van der Waals surface area contributed by atoms with Gasteiger partial charge in [0, 0.05) is 46.2 Å². The normalized spacial score (nSPS) is 13.1. The van der Waals surface area contributed by atoms with Gasteiger partial charge in [0.25, 0.3) is 0 Å². The number of carbonyl (C=O) groups is 1. The quantitative estimate of drug-likeness (QED) is 0.353. The molecule has 0 heterocycles. The highest BCUT2D eigenvalue weighted by Crippen LogP contribution is 2.16. The molecule has 1 N–H and O–H groups in total. The summed E-state index contributed by atoms with van der Waals surface area (Å²) in [6.07, 6.45) is -0.582. The SMILES string of the molecule is CCO[SiH](OCC)C(CCO[Si](OCC)(OCC)OCC)N(CC)C(=O)O. The average Bonchev–Trinajstić information content (AvgIpc) is 2.61. The van der Waals surface area contributed by atoms with Gasteiger partial charge in [-0.2, -0.15) is 0 Å². The topological polar surface area (TPSA) is 95.9 Å². The first-order valence-corrected chi connectivity index (χ1v) is 13.0. The zero-order chi connectivity index (χ0) is 20.7. The number of hydrogen-bond donors (Lipinski definition) is 1. The summed E-state index contributed by atoms with van der Waals surface area (Å²) < 4.78 is 34.5. The summed E-state index contributed by atoms with van der Waals surface area (Å²) in [5, 5.41) is 9.57. The lowest BCUT2D eigenvalue weighted by Gasteiger charge is -2.33. The lowest BCUT2D eigenvalue weighted by Crippen LogP contribution is -2.54. The molecule has 0 aliphatic carbocycles. The van der Waals surface area contributed by atoms with Crippen LogP contribution >= 0.6 is 0 Å². The van der Waals surface area contributed by atoms with E-state index in [9.17, 15) is 9.90 Å². The van der Waals surface area contributed by atoms with E-state index in [0.29, 0.717) is 46.0 Å². The second-order valence-corrected chi connectivity index (χ2v) is 9.68. The van der Waals surface area contributed by atoms with E-state index in [2.05, 4.69) is 0 Å². The van der Waals surface area contributed by atoms with Crippen LogP contribution in [0.3, 0.4) is 0 Å². The molecule has 0 saturated heterocycles. The molecule has 162 valence electrons. The van der Waals surface area contributed by atoms with E-state index in [1.54, 1.807) is 6.92 Å². The van der Waals surface area contributed by atoms with Gasteiger partial charge >= 0.3 is 24.4 Å². The Labute approximate surface area is 166 Å². The van der Waals surface area contributed by atoms with E-state index in [1.807, 2.05) is 34.6 Å². The van der Waals surface area contributed by atoms with Crippen LogP contribution in [-0.4, -0.2) is 86.3 Å². The highest BCUT2D eigenvalue weighted by atomic mass is 28.4. The van der Waals surface area contributed by atoms with Crippen LogP contribution in [0.4, 0.5) is 4.79 Å². The van der Waals surface area contributed by atoms with Crippen molar-refractivity contribution in [1.29, 1.82) is 0 Å². The van der Waals surface area contributed by atoms with Crippen LogP contribution in [0, 0.1) is 0 Å². The molecule has 11 heteroatoms. The lowest BCUT2D eigenvalue weighted by molar-refractivity contribution is -0.0298. The van der Waals surface area contributed by atoms with Crippen LogP contribution in [0.2, 0.25) is 0 Å². The van der Waals surface area contributed by atoms with Gasteiger partial charge in [0.2, 0.25) is 0 Å². The van der Waals surface area contributed by atoms with Gasteiger partial charge in [0.15, 0.2) is 0 Å². The fraction of sp³-hybridized carbons (Fsp3) is 0.938. The van der Waals surface area contributed by atoms with E-state index in [4.69, 9.17) is 26.6 Å². The number of rotatable bonds is 17. The maximum atomic E-state index is 11.7. The standard InChI is InChI=1S/C16H37NO8Si2/c1-7-17(16(18)19)15(26(20-8-2)21-9-3)13-14-25-27(22-10-4,23-11-5)24-12-6/h15,26H,7-14H2,1-6H3,(H,18,19). The largest absolute Gasteiger partial charge is 0.679 e. The van der Waals surface area contributed by atoms with Crippen LogP contribution in [0.25, 0.3) is 0 Å². The van der Waals surface area contributed by atoms with Crippen molar-refractivity contribution in [3.05, 3.63) is 0 Å². The molecule has 0 aromatic heterocycles. The summed E-state index contributed by atoms with van der Waals surface area (Å²) in [5.41, 5.74) is -0.385. The third kappa shape index (κ3) is 9.48. The van der Waals surface area contributed by atoms with E-state index in [0.717, 1.165) is 0 Å². The molecule has 0 aliphatic rings. The number of carboxylic acid groups (broad SMARTS) is 1. The first-order valence-electron chi connectivity index (χ1n) is 9.73. The Hall–Kier alpha value is -0.536. The summed E-state index contributed by atoms with van der Waals surface area (Å²) in [5.74, 6) is 0. The van der Waals surface area contributed by atoms with Gasteiger partial charge < -0.3 is 36.6 Å². The van der Waals surface area contributed by atoms with Crippen molar-refractivity contribution >= 4 is 24.4 Å². The van der Waals surface area contributed by atoms with Gasteiger partial charge in [-0.15, -0.1) is 0 Å². The molecule has 0 aromatic rings. The minimum atomic E-state index is -3.24. The summed E-state index contributed by atoms with van der Waals surface area (Å²) in [6.45, 7) is 13.8. The van der Waals surface area contributed by atoms with Crippen molar-refractivity contribution in [2.45, 2.75) is 53.6 Å². The van der Waals surface area contributed by atoms with Gasteiger partial charge in [-0.05, 0) is 48.0 Å². The van der Waals surface area contributed by atoms with E-state index in [1.165, 1.54) is 4.90 Å². The molecule has 1 amide bonds. The molecule has 0 saturated carbocycles. The fourth-order valence-electron chi connectivity index (χ4n) is 2.63. The molecule has 0 aromatic carbocycles. The summed E-state index contributed by atoms with van der Waals surface area (Å²) in [7, 11) is -5.49. The molecule has 9 nitrogen and oxygen atoms in total. The fourth-order valence-corrected chi connectivity index (χ4v) is 6.80. The first-order chi connectivity index (χ1) is 12.9. The van der Waals surface area contributed by atoms with Crippen molar-refractivity contribution in [2.75, 3.05) is 46.2 Å². The smallest absolute Gasteiger partial charge is 0.465 e. The number of hydrogen-bond acceptors (Lipinski definition) is 7. The molecule has 0 radical (unpaired) electrons. The molecular weight excluding hydrogens is 390 g/mol.